The summed E-state index contributed by atoms with van der Waals surface area (Å²) in [7, 11) is 0. The van der Waals surface area contributed by atoms with Crippen LogP contribution in [0.5, 0.6) is 5.75 Å². The van der Waals surface area contributed by atoms with Gasteiger partial charge in [0, 0.05) is 17.7 Å². The number of nitrogens with two attached hydrogens (primary N) is 1. The van der Waals surface area contributed by atoms with E-state index in [4.69, 9.17) is 5.73 Å². The first-order chi connectivity index (χ1) is 11.2. The molecule has 0 aliphatic carbocycles. The molecule has 24 heavy (non-hydrogen) atoms. The molecule has 0 aliphatic heterocycles. The maximum absolute atomic E-state index is 12.1. The van der Waals surface area contributed by atoms with Gasteiger partial charge < -0.3 is 15.8 Å². The number of primary amides is 1. The highest BCUT2D eigenvalue weighted by molar-refractivity contribution is 5.94. The minimum atomic E-state index is -4.78. The summed E-state index contributed by atoms with van der Waals surface area (Å²) >= 11 is 0. The van der Waals surface area contributed by atoms with Crippen molar-refractivity contribution in [1.82, 2.24) is 5.32 Å². The third kappa shape index (κ3) is 5.01. The van der Waals surface area contributed by atoms with Gasteiger partial charge in [-0.1, -0.05) is 12.1 Å². The lowest BCUT2D eigenvalue weighted by Gasteiger charge is -2.10. The Kier molecular flexibility index (Phi) is 5.08. The van der Waals surface area contributed by atoms with E-state index in [1.54, 1.807) is 24.3 Å². The van der Waals surface area contributed by atoms with Crippen LogP contribution in [0.25, 0.3) is 0 Å². The fraction of sp³-hybridized carbons (Fsp3) is 0.125. The number of carbonyl (C=O) groups is 2. The molecule has 0 radical (unpaired) electrons. The number of hydrogen-bond donors (Lipinski definition) is 2. The van der Waals surface area contributed by atoms with Crippen molar-refractivity contribution in [3.05, 3.63) is 65.2 Å². The molecule has 2 aromatic carbocycles. The highest BCUT2D eigenvalue weighted by Gasteiger charge is 2.31. The van der Waals surface area contributed by atoms with Crippen molar-refractivity contribution in [2.45, 2.75) is 12.9 Å². The molecule has 5 nitrogen and oxygen atoms in total. The van der Waals surface area contributed by atoms with Crippen LogP contribution in [-0.4, -0.2) is 18.2 Å². The molecule has 0 fully saturated rings. The number of carbonyl (C=O) groups excluding carboxylic acids is 2. The molecule has 0 aliphatic rings. The van der Waals surface area contributed by atoms with E-state index in [1.807, 2.05) is 0 Å². The van der Waals surface area contributed by atoms with Crippen molar-refractivity contribution in [2.75, 3.05) is 0 Å². The predicted octanol–water partition coefficient (Wildman–Crippen LogP) is 2.61. The molecule has 0 aromatic heterocycles. The molecular formula is C16H13F3N2O3. The Morgan fingerprint density at radius 1 is 1.04 bits per heavy atom. The molecule has 0 bridgehead atoms. The molecule has 0 heterocycles. The number of benzene rings is 2. The molecule has 3 N–H and O–H groups in total. The van der Waals surface area contributed by atoms with Crippen molar-refractivity contribution in [2.24, 2.45) is 5.73 Å². The Bertz CT molecular complexity index is 743. The first-order valence-corrected chi connectivity index (χ1v) is 6.77. The number of amides is 2. The van der Waals surface area contributed by atoms with Crippen molar-refractivity contribution in [1.29, 1.82) is 0 Å². The van der Waals surface area contributed by atoms with Crippen LogP contribution >= 0.6 is 0 Å². The lowest BCUT2D eigenvalue weighted by molar-refractivity contribution is -0.274. The fourth-order valence-corrected chi connectivity index (χ4v) is 1.93. The number of hydrogen-bond acceptors (Lipinski definition) is 3. The summed E-state index contributed by atoms with van der Waals surface area (Å²) in [5.41, 5.74) is 6.32. The summed E-state index contributed by atoms with van der Waals surface area (Å²) in [4.78, 5) is 23.1. The molecule has 2 rings (SSSR count). The van der Waals surface area contributed by atoms with Crippen molar-refractivity contribution < 1.29 is 27.5 Å². The molecule has 0 unspecified atom stereocenters. The zero-order valence-corrected chi connectivity index (χ0v) is 12.3. The normalized spacial score (nSPS) is 11.0. The van der Waals surface area contributed by atoms with Gasteiger partial charge in [0.1, 0.15) is 5.75 Å². The average molecular weight is 338 g/mol. The van der Waals surface area contributed by atoms with Crippen LogP contribution in [0.15, 0.2) is 48.5 Å². The zero-order chi connectivity index (χ0) is 17.7. The SMILES string of the molecule is NC(=O)c1cccc(CNC(=O)c2ccc(OC(F)(F)F)cc2)c1. The first-order valence-electron chi connectivity index (χ1n) is 6.77. The van der Waals surface area contributed by atoms with E-state index in [0.29, 0.717) is 11.1 Å². The molecule has 126 valence electrons. The van der Waals surface area contributed by atoms with E-state index in [2.05, 4.69) is 10.1 Å². The van der Waals surface area contributed by atoms with Crippen LogP contribution in [0.4, 0.5) is 13.2 Å². The minimum absolute atomic E-state index is 0.140. The number of rotatable bonds is 5. The molecule has 0 spiro atoms. The van der Waals surface area contributed by atoms with Gasteiger partial charge in [0.15, 0.2) is 0 Å². The summed E-state index contributed by atoms with van der Waals surface area (Å²) in [6.07, 6.45) is -4.78. The average Bonchev–Trinajstić information content (AvgIpc) is 2.52. The molecule has 0 saturated heterocycles. The van der Waals surface area contributed by atoms with Crippen LogP contribution < -0.4 is 15.8 Å². The Hall–Kier alpha value is -3.03. The van der Waals surface area contributed by atoms with Gasteiger partial charge in [-0.3, -0.25) is 9.59 Å². The second kappa shape index (κ2) is 7.03. The van der Waals surface area contributed by atoms with Gasteiger partial charge in [0.05, 0.1) is 0 Å². The second-order valence-corrected chi connectivity index (χ2v) is 4.82. The number of halogens is 3. The lowest BCUT2D eigenvalue weighted by atomic mass is 10.1. The number of nitrogens with one attached hydrogen (secondary N) is 1. The van der Waals surface area contributed by atoms with Gasteiger partial charge in [0.25, 0.3) is 5.91 Å². The van der Waals surface area contributed by atoms with E-state index in [1.165, 1.54) is 12.1 Å². The maximum Gasteiger partial charge on any atom is 0.573 e. The highest BCUT2D eigenvalue weighted by atomic mass is 19.4. The summed E-state index contributed by atoms with van der Waals surface area (Å²) in [5.74, 6) is -1.46. The van der Waals surface area contributed by atoms with E-state index in [-0.39, 0.29) is 12.1 Å². The minimum Gasteiger partial charge on any atom is -0.406 e. The quantitative estimate of drug-likeness (QED) is 0.879. The highest BCUT2D eigenvalue weighted by Crippen LogP contribution is 2.22. The summed E-state index contributed by atoms with van der Waals surface area (Å²) in [6.45, 7) is 0.140. The Morgan fingerprint density at radius 3 is 2.29 bits per heavy atom. The molecule has 2 aromatic rings. The fourth-order valence-electron chi connectivity index (χ4n) is 1.93. The van der Waals surface area contributed by atoms with Crippen LogP contribution in [0.3, 0.4) is 0 Å². The van der Waals surface area contributed by atoms with Gasteiger partial charge in [-0.25, -0.2) is 0 Å². The van der Waals surface area contributed by atoms with Crippen LogP contribution in [0.1, 0.15) is 26.3 Å². The Morgan fingerprint density at radius 2 is 1.71 bits per heavy atom. The monoisotopic (exact) mass is 338 g/mol. The molecule has 8 heteroatoms. The third-order valence-corrected chi connectivity index (χ3v) is 3.01. The lowest BCUT2D eigenvalue weighted by Crippen LogP contribution is -2.23. The van der Waals surface area contributed by atoms with E-state index >= 15 is 0 Å². The third-order valence-electron chi connectivity index (χ3n) is 3.01. The molecular weight excluding hydrogens is 325 g/mol. The van der Waals surface area contributed by atoms with Crippen molar-refractivity contribution >= 4 is 11.8 Å². The smallest absolute Gasteiger partial charge is 0.406 e. The topological polar surface area (TPSA) is 81.4 Å². The molecule has 0 atom stereocenters. The van der Waals surface area contributed by atoms with Crippen molar-refractivity contribution in [3.8, 4) is 5.75 Å². The Balaban J connectivity index is 1.97. The maximum atomic E-state index is 12.1. The number of alkyl halides is 3. The molecule has 2 amide bonds. The van der Waals surface area contributed by atoms with Crippen molar-refractivity contribution in [3.63, 3.8) is 0 Å². The zero-order valence-electron chi connectivity index (χ0n) is 12.3. The van der Waals surface area contributed by atoms with Gasteiger partial charge >= 0.3 is 6.36 Å². The van der Waals surface area contributed by atoms with Gasteiger partial charge in [-0.15, -0.1) is 13.2 Å². The summed E-state index contributed by atoms with van der Waals surface area (Å²) in [5, 5.41) is 2.60. The standard InChI is InChI=1S/C16H13F3N2O3/c17-16(18,19)24-13-6-4-11(5-7-13)15(23)21-9-10-2-1-3-12(8-10)14(20)22/h1-8H,9H2,(H2,20,22)(H,21,23). The summed E-state index contributed by atoms with van der Waals surface area (Å²) < 4.78 is 39.9. The second-order valence-electron chi connectivity index (χ2n) is 4.82. The Labute approximate surface area is 135 Å². The first kappa shape index (κ1) is 17.3. The van der Waals surface area contributed by atoms with E-state index < -0.39 is 23.9 Å². The van der Waals surface area contributed by atoms with Crippen LogP contribution in [0.2, 0.25) is 0 Å². The largest absolute Gasteiger partial charge is 0.573 e. The molecule has 0 saturated carbocycles. The summed E-state index contributed by atoms with van der Waals surface area (Å²) in [6, 6.07) is 11.0. The van der Waals surface area contributed by atoms with E-state index in [9.17, 15) is 22.8 Å². The number of ether oxygens (including phenoxy) is 1. The van der Waals surface area contributed by atoms with E-state index in [0.717, 1.165) is 12.1 Å². The van der Waals surface area contributed by atoms with Crippen LogP contribution in [0, 0.1) is 0 Å². The van der Waals surface area contributed by atoms with Gasteiger partial charge in [-0.05, 0) is 42.0 Å². The van der Waals surface area contributed by atoms with Crippen LogP contribution in [-0.2, 0) is 6.54 Å². The van der Waals surface area contributed by atoms with Gasteiger partial charge in [0.2, 0.25) is 5.91 Å². The van der Waals surface area contributed by atoms with Gasteiger partial charge in [-0.2, -0.15) is 0 Å². The predicted molar refractivity (Wildman–Crippen MR) is 79.3 cm³/mol.